The van der Waals surface area contributed by atoms with E-state index < -0.39 is 0 Å². The average Bonchev–Trinajstić information content (AvgIpc) is 2.93. The van der Waals surface area contributed by atoms with Crippen molar-refractivity contribution in [2.45, 2.75) is 27.7 Å². The van der Waals surface area contributed by atoms with E-state index in [1.807, 2.05) is 70.2 Å². The molecule has 0 unspecified atom stereocenters. The van der Waals surface area contributed by atoms with Crippen molar-refractivity contribution in [1.29, 1.82) is 0 Å². The van der Waals surface area contributed by atoms with E-state index in [1.165, 1.54) is 10.6 Å². The number of aryl methyl sites for hydroxylation is 2. The fourth-order valence-electron chi connectivity index (χ4n) is 2.93. The van der Waals surface area contributed by atoms with Gasteiger partial charge >= 0.3 is 0 Å². The van der Waals surface area contributed by atoms with Gasteiger partial charge in [0.25, 0.3) is 5.91 Å². The first-order valence-electron chi connectivity index (χ1n) is 8.94. The number of carbonyl (C=O) groups is 1. The minimum absolute atomic E-state index is 0.136. The van der Waals surface area contributed by atoms with Gasteiger partial charge < -0.3 is 9.47 Å². The molecule has 1 heterocycles. The molecule has 1 aliphatic rings. The van der Waals surface area contributed by atoms with Crippen molar-refractivity contribution in [2.24, 2.45) is 5.10 Å². The van der Waals surface area contributed by atoms with Crippen LogP contribution in [-0.2, 0) is 4.79 Å². The Kier molecular flexibility index (Phi) is 5.31. The number of rotatable bonds is 5. The SMILES string of the molecule is CCOc1ccc(/C=C2\C(=O)N(c3ccc(C)c(C)c3)N=C2C)cc1OC. The van der Waals surface area contributed by atoms with Crippen molar-refractivity contribution in [3.8, 4) is 11.5 Å². The molecule has 2 aromatic carbocycles. The minimum atomic E-state index is -0.136. The molecule has 1 aliphatic heterocycles. The number of nitrogens with zero attached hydrogens (tertiary/aromatic N) is 2. The van der Waals surface area contributed by atoms with Crippen molar-refractivity contribution in [2.75, 3.05) is 18.7 Å². The lowest BCUT2D eigenvalue weighted by Crippen LogP contribution is -2.21. The number of anilines is 1. The van der Waals surface area contributed by atoms with E-state index in [9.17, 15) is 4.79 Å². The van der Waals surface area contributed by atoms with Gasteiger partial charge in [0.05, 0.1) is 30.7 Å². The number of hydrazone groups is 1. The van der Waals surface area contributed by atoms with Crippen LogP contribution in [0.3, 0.4) is 0 Å². The third kappa shape index (κ3) is 3.72. The van der Waals surface area contributed by atoms with E-state index >= 15 is 0 Å². The van der Waals surface area contributed by atoms with Crippen LogP contribution in [0.5, 0.6) is 11.5 Å². The van der Waals surface area contributed by atoms with Gasteiger partial charge in [-0.1, -0.05) is 12.1 Å². The van der Waals surface area contributed by atoms with Gasteiger partial charge in [0.1, 0.15) is 0 Å². The lowest BCUT2D eigenvalue weighted by Gasteiger charge is -2.13. The second-order valence-corrected chi connectivity index (χ2v) is 6.47. The second-order valence-electron chi connectivity index (χ2n) is 6.47. The molecule has 5 nitrogen and oxygen atoms in total. The topological polar surface area (TPSA) is 51.1 Å². The van der Waals surface area contributed by atoms with Crippen LogP contribution in [-0.4, -0.2) is 25.3 Å². The number of hydrogen-bond acceptors (Lipinski definition) is 4. The van der Waals surface area contributed by atoms with E-state index in [4.69, 9.17) is 9.47 Å². The highest BCUT2D eigenvalue weighted by molar-refractivity contribution is 6.32. The molecule has 5 heteroatoms. The van der Waals surface area contributed by atoms with Crippen LogP contribution in [0.15, 0.2) is 47.1 Å². The van der Waals surface area contributed by atoms with Gasteiger partial charge in [-0.25, -0.2) is 0 Å². The summed E-state index contributed by atoms with van der Waals surface area (Å²) in [5, 5.41) is 5.91. The first-order chi connectivity index (χ1) is 12.9. The summed E-state index contributed by atoms with van der Waals surface area (Å²) in [4.78, 5) is 12.9. The average molecular weight is 364 g/mol. The van der Waals surface area contributed by atoms with Crippen molar-refractivity contribution in [1.82, 2.24) is 0 Å². The van der Waals surface area contributed by atoms with Gasteiger partial charge in [0.15, 0.2) is 11.5 Å². The van der Waals surface area contributed by atoms with Gasteiger partial charge in [0, 0.05) is 0 Å². The van der Waals surface area contributed by atoms with Gasteiger partial charge in [-0.05, 0) is 74.7 Å². The third-order valence-electron chi connectivity index (χ3n) is 4.60. The van der Waals surface area contributed by atoms with Crippen LogP contribution in [0, 0.1) is 13.8 Å². The lowest BCUT2D eigenvalue weighted by atomic mass is 10.1. The standard InChI is InChI=1S/C22H24N2O3/c1-6-27-20-10-8-17(13-21(20)26-5)12-19-16(4)23-24(22(19)25)18-9-7-14(2)15(3)11-18/h7-13H,6H2,1-5H3/b19-12-. The van der Waals surface area contributed by atoms with E-state index in [0.717, 1.165) is 16.8 Å². The second kappa shape index (κ2) is 7.66. The number of amides is 1. The van der Waals surface area contributed by atoms with Crippen LogP contribution in [0.2, 0.25) is 0 Å². The molecule has 140 valence electrons. The molecule has 0 spiro atoms. The number of ether oxygens (including phenoxy) is 2. The van der Waals surface area contributed by atoms with Gasteiger partial charge in [-0.3, -0.25) is 4.79 Å². The summed E-state index contributed by atoms with van der Waals surface area (Å²) >= 11 is 0. The zero-order chi connectivity index (χ0) is 19.6. The molecule has 1 amide bonds. The normalized spacial score (nSPS) is 15.3. The zero-order valence-corrected chi connectivity index (χ0v) is 16.4. The summed E-state index contributed by atoms with van der Waals surface area (Å²) in [7, 11) is 1.60. The Labute approximate surface area is 159 Å². The Morgan fingerprint density at radius 1 is 1.04 bits per heavy atom. The first kappa shape index (κ1) is 18.7. The quantitative estimate of drug-likeness (QED) is 0.733. The van der Waals surface area contributed by atoms with Crippen LogP contribution < -0.4 is 14.5 Å². The number of benzene rings is 2. The Morgan fingerprint density at radius 2 is 1.81 bits per heavy atom. The Balaban J connectivity index is 1.92. The van der Waals surface area contributed by atoms with E-state index in [1.54, 1.807) is 7.11 Å². The molecule has 0 N–H and O–H groups in total. The summed E-state index contributed by atoms with van der Waals surface area (Å²) in [6, 6.07) is 11.5. The summed E-state index contributed by atoms with van der Waals surface area (Å²) in [6.07, 6.45) is 1.83. The minimum Gasteiger partial charge on any atom is -0.493 e. The van der Waals surface area contributed by atoms with Gasteiger partial charge in [0.2, 0.25) is 0 Å². The van der Waals surface area contributed by atoms with Crippen molar-refractivity contribution >= 4 is 23.4 Å². The van der Waals surface area contributed by atoms with Crippen LogP contribution in [0.4, 0.5) is 5.69 Å². The predicted molar refractivity (Wildman–Crippen MR) is 109 cm³/mol. The van der Waals surface area contributed by atoms with Crippen LogP contribution >= 0.6 is 0 Å². The van der Waals surface area contributed by atoms with E-state index in [0.29, 0.717) is 29.4 Å². The molecule has 0 saturated carbocycles. The van der Waals surface area contributed by atoms with Crippen molar-refractivity contribution < 1.29 is 14.3 Å². The largest absolute Gasteiger partial charge is 0.493 e. The lowest BCUT2D eigenvalue weighted by molar-refractivity contribution is -0.114. The van der Waals surface area contributed by atoms with E-state index in [2.05, 4.69) is 5.10 Å². The van der Waals surface area contributed by atoms with Gasteiger partial charge in [-0.15, -0.1) is 0 Å². The summed E-state index contributed by atoms with van der Waals surface area (Å²) < 4.78 is 10.9. The number of methoxy groups -OCH3 is 1. The molecule has 0 aliphatic carbocycles. The molecular weight excluding hydrogens is 340 g/mol. The summed E-state index contributed by atoms with van der Waals surface area (Å²) in [5.41, 5.74) is 5.20. The molecule has 2 aromatic rings. The highest BCUT2D eigenvalue weighted by atomic mass is 16.5. The van der Waals surface area contributed by atoms with Crippen LogP contribution in [0.1, 0.15) is 30.5 Å². The molecule has 0 aromatic heterocycles. The zero-order valence-electron chi connectivity index (χ0n) is 16.4. The summed E-state index contributed by atoms with van der Waals surface area (Å²) in [6.45, 7) is 8.40. The number of carbonyl (C=O) groups excluding carboxylic acids is 1. The van der Waals surface area contributed by atoms with Crippen molar-refractivity contribution in [3.05, 3.63) is 58.7 Å². The highest BCUT2D eigenvalue weighted by Gasteiger charge is 2.28. The third-order valence-corrected chi connectivity index (χ3v) is 4.60. The molecule has 27 heavy (non-hydrogen) atoms. The monoisotopic (exact) mass is 364 g/mol. The van der Waals surface area contributed by atoms with Gasteiger partial charge in [-0.2, -0.15) is 10.1 Å². The molecule has 0 fully saturated rings. The molecule has 0 atom stereocenters. The molecule has 3 rings (SSSR count). The Bertz CT molecular complexity index is 945. The van der Waals surface area contributed by atoms with E-state index in [-0.39, 0.29) is 5.91 Å². The molecule has 0 saturated heterocycles. The maximum absolute atomic E-state index is 12.9. The molecule has 0 bridgehead atoms. The van der Waals surface area contributed by atoms with Crippen molar-refractivity contribution in [3.63, 3.8) is 0 Å². The number of hydrogen-bond donors (Lipinski definition) is 0. The fraction of sp³-hybridized carbons (Fsp3) is 0.273. The Hall–Kier alpha value is -3.08. The fourth-order valence-corrected chi connectivity index (χ4v) is 2.93. The van der Waals surface area contributed by atoms with Crippen LogP contribution in [0.25, 0.3) is 6.08 Å². The Morgan fingerprint density at radius 3 is 2.48 bits per heavy atom. The molecular formula is C22H24N2O3. The molecule has 0 radical (unpaired) electrons. The highest BCUT2D eigenvalue weighted by Crippen LogP contribution is 2.31. The maximum atomic E-state index is 12.9. The summed E-state index contributed by atoms with van der Waals surface area (Å²) in [5.74, 6) is 1.18. The first-order valence-corrected chi connectivity index (χ1v) is 8.94. The smallest absolute Gasteiger partial charge is 0.280 e. The maximum Gasteiger partial charge on any atom is 0.280 e. The predicted octanol–water partition coefficient (Wildman–Crippen LogP) is 4.52.